The van der Waals surface area contributed by atoms with E-state index < -0.39 is 0 Å². The average Bonchev–Trinajstić information content (AvgIpc) is 2.09. The normalized spacial score (nSPS) is 9.83. The van der Waals surface area contributed by atoms with E-state index in [1.165, 1.54) is 16.7 Å². The van der Waals surface area contributed by atoms with E-state index in [0.717, 1.165) is 12.8 Å². The largest absolute Gasteiger partial charge is 0.0995 e. The molecule has 1 aromatic carbocycles. The second-order valence-corrected chi connectivity index (χ2v) is 3.27. The Bertz CT molecular complexity index is 254. The zero-order valence-electron chi connectivity index (χ0n) is 7.93. The van der Waals surface area contributed by atoms with Gasteiger partial charge in [0.05, 0.1) is 0 Å². The summed E-state index contributed by atoms with van der Waals surface area (Å²) in [6.07, 6.45) is 2.10. The van der Waals surface area contributed by atoms with Crippen LogP contribution in [0.3, 0.4) is 0 Å². The van der Waals surface area contributed by atoms with Crippen LogP contribution in [0, 0.1) is 6.92 Å². The van der Waals surface area contributed by atoms with Gasteiger partial charge in [-0.1, -0.05) is 48.9 Å². The topological polar surface area (TPSA) is 0 Å². The molecule has 1 aromatic rings. The molecule has 0 nitrogen and oxygen atoms in total. The zero-order chi connectivity index (χ0) is 8.97. The van der Waals surface area contributed by atoms with Gasteiger partial charge in [0, 0.05) is 0 Å². The molecule has 0 atom stereocenters. The summed E-state index contributed by atoms with van der Waals surface area (Å²) in [6.45, 7) is 8.25. The summed E-state index contributed by atoms with van der Waals surface area (Å²) < 4.78 is 0. The van der Waals surface area contributed by atoms with E-state index in [0.29, 0.717) is 0 Å². The SMILES string of the molecule is C=C(CC)Cc1ccc(C)cc1. The lowest BCUT2D eigenvalue weighted by atomic mass is 10.0. The van der Waals surface area contributed by atoms with Gasteiger partial charge in [-0.3, -0.25) is 0 Å². The van der Waals surface area contributed by atoms with Crippen molar-refractivity contribution in [1.82, 2.24) is 0 Å². The van der Waals surface area contributed by atoms with Crippen LogP contribution in [0.2, 0.25) is 0 Å². The fraction of sp³-hybridized carbons (Fsp3) is 0.333. The quantitative estimate of drug-likeness (QED) is 0.594. The number of rotatable bonds is 3. The van der Waals surface area contributed by atoms with Crippen LogP contribution in [0.5, 0.6) is 0 Å². The zero-order valence-corrected chi connectivity index (χ0v) is 7.93. The number of benzene rings is 1. The molecule has 0 unspecified atom stereocenters. The Hall–Kier alpha value is -1.04. The summed E-state index contributed by atoms with van der Waals surface area (Å²) in [7, 11) is 0. The minimum atomic E-state index is 1.02. The fourth-order valence-corrected chi connectivity index (χ4v) is 1.12. The van der Waals surface area contributed by atoms with Gasteiger partial charge in [-0.05, 0) is 25.3 Å². The van der Waals surface area contributed by atoms with Crippen LogP contribution in [0.15, 0.2) is 36.4 Å². The van der Waals surface area contributed by atoms with Crippen molar-refractivity contribution < 1.29 is 0 Å². The van der Waals surface area contributed by atoms with E-state index in [1.54, 1.807) is 0 Å². The molecule has 64 valence electrons. The smallest absolute Gasteiger partial charge is 0.00699 e. The molecule has 12 heavy (non-hydrogen) atoms. The second-order valence-electron chi connectivity index (χ2n) is 3.27. The first-order chi connectivity index (χ1) is 5.72. The molecule has 0 fully saturated rings. The maximum absolute atomic E-state index is 3.99. The molecule has 0 bridgehead atoms. The van der Waals surface area contributed by atoms with Crippen molar-refractivity contribution in [3.05, 3.63) is 47.5 Å². The molecule has 0 heterocycles. The maximum Gasteiger partial charge on any atom is -0.00699 e. The Morgan fingerprint density at radius 3 is 2.33 bits per heavy atom. The standard InChI is InChI=1S/C12H16/c1-4-10(2)9-12-7-5-11(3)6-8-12/h5-8H,2,4,9H2,1,3H3. The van der Waals surface area contributed by atoms with E-state index in [9.17, 15) is 0 Å². The molecular weight excluding hydrogens is 144 g/mol. The molecule has 0 saturated heterocycles. The van der Waals surface area contributed by atoms with E-state index in [2.05, 4.69) is 44.7 Å². The number of aryl methyl sites for hydroxylation is 1. The van der Waals surface area contributed by atoms with Gasteiger partial charge in [0.15, 0.2) is 0 Å². The van der Waals surface area contributed by atoms with E-state index in [4.69, 9.17) is 0 Å². The fourth-order valence-electron chi connectivity index (χ4n) is 1.12. The Morgan fingerprint density at radius 1 is 1.25 bits per heavy atom. The van der Waals surface area contributed by atoms with Crippen molar-refractivity contribution in [3.63, 3.8) is 0 Å². The average molecular weight is 160 g/mol. The minimum absolute atomic E-state index is 1.02. The lowest BCUT2D eigenvalue weighted by molar-refractivity contribution is 1.01. The van der Waals surface area contributed by atoms with Crippen LogP contribution in [0.4, 0.5) is 0 Å². The minimum Gasteiger partial charge on any atom is -0.0995 e. The summed E-state index contributed by atoms with van der Waals surface area (Å²) in [5, 5.41) is 0. The predicted octanol–water partition coefficient (Wildman–Crippen LogP) is 3.50. The van der Waals surface area contributed by atoms with Crippen LogP contribution in [0.25, 0.3) is 0 Å². The van der Waals surface area contributed by atoms with Crippen molar-refractivity contribution in [3.8, 4) is 0 Å². The molecule has 0 spiro atoms. The Morgan fingerprint density at radius 2 is 1.83 bits per heavy atom. The molecule has 0 saturated carbocycles. The molecule has 0 radical (unpaired) electrons. The van der Waals surface area contributed by atoms with Gasteiger partial charge in [0.25, 0.3) is 0 Å². The highest BCUT2D eigenvalue weighted by Crippen LogP contribution is 2.09. The molecule has 0 amide bonds. The van der Waals surface area contributed by atoms with Gasteiger partial charge < -0.3 is 0 Å². The van der Waals surface area contributed by atoms with Gasteiger partial charge in [-0.15, -0.1) is 0 Å². The van der Waals surface area contributed by atoms with E-state index in [-0.39, 0.29) is 0 Å². The molecule has 1 rings (SSSR count). The van der Waals surface area contributed by atoms with E-state index in [1.807, 2.05) is 0 Å². The van der Waals surface area contributed by atoms with Crippen LogP contribution in [0.1, 0.15) is 24.5 Å². The third kappa shape index (κ3) is 2.54. The predicted molar refractivity (Wildman–Crippen MR) is 54.3 cm³/mol. The third-order valence-corrected chi connectivity index (χ3v) is 2.07. The van der Waals surface area contributed by atoms with Crippen molar-refractivity contribution in [2.24, 2.45) is 0 Å². The van der Waals surface area contributed by atoms with Crippen molar-refractivity contribution >= 4 is 0 Å². The maximum atomic E-state index is 3.99. The molecule has 0 aliphatic rings. The highest BCUT2D eigenvalue weighted by Gasteiger charge is 1.94. The monoisotopic (exact) mass is 160 g/mol. The number of hydrogen-bond acceptors (Lipinski definition) is 0. The van der Waals surface area contributed by atoms with Crippen LogP contribution >= 0.6 is 0 Å². The molecule has 0 aliphatic carbocycles. The van der Waals surface area contributed by atoms with Crippen LogP contribution in [-0.2, 0) is 6.42 Å². The summed E-state index contributed by atoms with van der Waals surface area (Å²) in [5.74, 6) is 0. The van der Waals surface area contributed by atoms with Gasteiger partial charge in [0.1, 0.15) is 0 Å². The second kappa shape index (κ2) is 4.10. The number of allylic oxidation sites excluding steroid dienone is 1. The summed E-state index contributed by atoms with van der Waals surface area (Å²) in [4.78, 5) is 0. The molecular formula is C12H16. The van der Waals surface area contributed by atoms with Gasteiger partial charge >= 0.3 is 0 Å². The lowest BCUT2D eigenvalue weighted by Gasteiger charge is -2.02. The Kier molecular flexibility index (Phi) is 3.09. The Labute approximate surface area is 74.9 Å². The van der Waals surface area contributed by atoms with Crippen LogP contribution < -0.4 is 0 Å². The van der Waals surface area contributed by atoms with Crippen molar-refractivity contribution in [2.75, 3.05) is 0 Å². The lowest BCUT2D eigenvalue weighted by Crippen LogP contribution is -1.87. The Balaban J connectivity index is 2.64. The molecule has 0 N–H and O–H groups in total. The van der Waals surface area contributed by atoms with Crippen LogP contribution in [-0.4, -0.2) is 0 Å². The summed E-state index contributed by atoms with van der Waals surface area (Å²) in [6, 6.07) is 8.66. The molecule has 0 aromatic heterocycles. The van der Waals surface area contributed by atoms with Crippen molar-refractivity contribution in [2.45, 2.75) is 26.7 Å². The summed E-state index contributed by atoms with van der Waals surface area (Å²) in [5.41, 5.74) is 3.99. The molecule has 0 aliphatic heterocycles. The highest BCUT2D eigenvalue weighted by molar-refractivity contribution is 5.24. The summed E-state index contributed by atoms with van der Waals surface area (Å²) >= 11 is 0. The first-order valence-electron chi connectivity index (χ1n) is 4.44. The van der Waals surface area contributed by atoms with Crippen molar-refractivity contribution in [1.29, 1.82) is 0 Å². The van der Waals surface area contributed by atoms with Gasteiger partial charge in [0.2, 0.25) is 0 Å². The first-order valence-corrected chi connectivity index (χ1v) is 4.44. The van der Waals surface area contributed by atoms with E-state index >= 15 is 0 Å². The molecule has 0 heteroatoms. The van der Waals surface area contributed by atoms with Gasteiger partial charge in [-0.2, -0.15) is 0 Å². The highest BCUT2D eigenvalue weighted by atomic mass is 14.0. The van der Waals surface area contributed by atoms with Gasteiger partial charge in [-0.25, -0.2) is 0 Å². The third-order valence-electron chi connectivity index (χ3n) is 2.07. The number of hydrogen-bond donors (Lipinski definition) is 0. The first kappa shape index (κ1) is 9.05.